The summed E-state index contributed by atoms with van der Waals surface area (Å²) in [5.41, 5.74) is 5.91. The summed E-state index contributed by atoms with van der Waals surface area (Å²) < 4.78 is 31.7. The number of benzene rings is 2. The molecule has 25 heavy (non-hydrogen) atoms. The number of rotatable bonds is 3. The van der Waals surface area contributed by atoms with E-state index in [1.165, 1.54) is 12.1 Å². The maximum atomic E-state index is 13.3. The third kappa shape index (κ3) is 3.26. The maximum Gasteiger partial charge on any atom is 0.270 e. The first kappa shape index (κ1) is 16.8. The fraction of sp³-hybridized carbons (Fsp3) is 0.188. The molecule has 0 saturated heterocycles. The van der Waals surface area contributed by atoms with Gasteiger partial charge in [-0.3, -0.25) is 14.9 Å². The molecule has 0 fully saturated rings. The Labute approximate surface area is 140 Å². The van der Waals surface area contributed by atoms with E-state index in [2.05, 4.69) is 5.32 Å². The van der Waals surface area contributed by atoms with Crippen molar-refractivity contribution in [2.45, 2.75) is 12.5 Å². The minimum Gasteiger partial charge on any atom is -0.492 e. The van der Waals surface area contributed by atoms with Gasteiger partial charge in [-0.15, -0.1) is 0 Å². The van der Waals surface area contributed by atoms with Gasteiger partial charge in [-0.2, -0.15) is 0 Å². The number of nitrogens with one attached hydrogen (secondary N) is 1. The van der Waals surface area contributed by atoms with Gasteiger partial charge in [-0.05, 0) is 12.1 Å². The van der Waals surface area contributed by atoms with E-state index in [1.54, 1.807) is 0 Å². The molecule has 7 nitrogen and oxygen atoms in total. The normalized spacial score (nSPS) is 15.9. The molecule has 0 radical (unpaired) electrons. The van der Waals surface area contributed by atoms with Gasteiger partial charge in [-0.25, -0.2) is 8.78 Å². The van der Waals surface area contributed by atoms with Crippen LogP contribution in [0.3, 0.4) is 0 Å². The van der Waals surface area contributed by atoms with Crippen LogP contribution in [0.1, 0.15) is 28.4 Å². The van der Waals surface area contributed by atoms with Crippen molar-refractivity contribution in [1.82, 2.24) is 0 Å². The van der Waals surface area contributed by atoms with Gasteiger partial charge in [0.05, 0.1) is 17.1 Å². The number of nitro benzene ring substituents is 1. The molecule has 2 aromatic carbocycles. The fourth-order valence-electron chi connectivity index (χ4n) is 2.56. The van der Waals surface area contributed by atoms with Crippen molar-refractivity contribution < 1.29 is 23.2 Å². The number of nitrogens with two attached hydrogens (primary N) is 1. The summed E-state index contributed by atoms with van der Waals surface area (Å²) in [7, 11) is 0. The molecule has 1 unspecified atom stereocenters. The summed E-state index contributed by atoms with van der Waals surface area (Å²) in [5, 5.41) is 13.5. The molecular weight excluding hydrogens is 336 g/mol. The highest BCUT2D eigenvalue weighted by Crippen LogP contribution is 2.37. The number of carbonyl (C=O) groups excluding carboxylic acids is 1. The van der Waals surface area contributed by atoms with Crippen LogP contribution in [0.25, 0.3) is 0 Å². The lowest BCUT2D eigenvalue weighted by molar-refractivity contribution is -0.385. The first-order valence-corrected chi connectivity index (χ1v) is 7.34. The van der Waals surface area contributed by atoms with E-state index in [0.29, 0.717) is 12.0 Å². The average molecular weight is 349 g/mol. The Kier molecular flexibility index (Phi) is 4.32. The lowest BCUT2D eigenvalue weighted by Gasteiger charge is -2.24. The second-order valence-electron chi connectivity index (χ2n) is 5.50. The van der Waals surface area contributed by atoms with Crippen LogP contribution in [0.5, 0.6) is 5.75 Å². The number of hydrogen-bond acceptors (Lipinski definition) is 5. The van der Waals surface area contributed by atoms with Crippen molar-refractivity contribution in [3.63, 3.8) is 0 Å². The number of non-ortho nitro benzene ring substituents is 1. The second kappa shape index (κ2) is 6.44. The quantitative estimate of drug-likeness (QED) is 0.654. The molecule has 1 heterocycles. The zero-order valence-electron chi connectivity index (χ0n) is 12.8. The molecule has 3 rings (SSSR count). The zero-order valence-corrected chi connectivity index (χ0v) is 12.8. The van der Waals surface area contributed by atoms with Crippen LogP contribution in [0, 0.1) is 21.7 Å². The summed E-state index contributed by atoms with van der Waals surface area (Å²) in [5.74, 6) is -2.78. The predicted octanol–water partition coefficient (Wildman–Crippen LogP) is 2.91. The van der Waals surface area contributed by atoms with Crippen LogP contribution < -0.4 is 15.8 Å². The Bertz CT molecular complexity index is 873. The predicted molar refractivity (Wildman–Crippen MR) is 84.4 cm³/mol. The molecule has 1 amide bonds. The monoisotopic (exact) mass is 349 g/mol. The van der Waals surface area contributed by atoms with Crippen LogP contribution in [0.4, 0.5) is 20.2 Å². The Morgan fingerprint density at radius 1 is 1.28 bits per heavy atom. The molecule has 0 saturated carbocycles. The van der Waals surface area contributed by atoms with Gasteiger partial charge in [0.2, 0.25) is 0 Å². The first-order valence-electron chi connectivity index (χ1n) is 7.34. The second-order valence-corrected chi connectivity index (χ2v) is 5.50. The summed E-state index contributed by atoms with van der Waals surface area (Å²) >= 11 is 0. The van der Waals surface area contributed by atoms with Crippen molar-refractivity contribution in [3.8, 4) is 5.75 Å². The van der Waals surface area contributed by atoms with E-state index in [-0.39, 0.29) is 29.3 Å². The molecule has 1 atom stereocenters. The van der Waals surface area contributed by atoms with Crippen LogP contribution >= 0.6 is 0 Å². The molecule has 0 aromatic heterocycles. The first-order chi connectivity index (χ1) is 11.9. The van der Waals surface area contributed by atoms with E-state index in [9.17, 15) is 23.7 Å². The highest BCUT2D eigenvalue weighted by atomic mass is 19.2. The SMILES string of the molecule is NC1CCOc2c(C(=O)Nc3ccc(F)c(F)c3)cc([N+](=O)[O-])cc21. The molecule has 130 valence electrons. The van der Waals surface area contributed by atoms with Gasteiger partial charge in [0, 0.05) is 41.9 Å². The van der Waals surface area contributed by atoms with Crippen molar-refractivity contribution in [3.05, 3.63) is 63.2 Å². The zero-order chi connectivity index (χ0) is 18.1. The lowest BCUT2D eigenvalue weighted by atomic mass is 9.97. The molecule has 0 spiro atoms. The molecule has 1 aliphatic rings. The standard InChI is InChI=1S/C16H13F2N3O4/c17-12-2-1-8(5-13(12)18)20-16(22)11-7-9(21(23)24)6-10-14(19)3-4-25-15(10)11/h1-2,5-7,14H,3-4,19H2,(H,20,22). The summed E-state index contributed by atoms with van der Waals surface area (Å²) in [6, 6.07) is 4.68. The van der Waals surface area contributed by atoms with Gasteiger partial charge in [0.1, 0.15) is 5.75 Å². The number of halogens is 2. The van der Waals surface area contributed by atoms with Gasteiger partial charge in [0.15, 0.2) is 11.6 Å². The van der Waals surface area contributed by atoms with Gasteiger partial charge in [-0.1, -0.05) is 0 Å². The molecule has 2 aromatic rings. The van der Waals surface area contributed by atoms with E-state index in [0.717, 1.165) is 18.2 Å². The van der Waals surface area contributed by atoms with Crippen molar-refractivity contribution in [2.24, 2.45) is 5.73 Å². The molecule has 1 aliphatic heterocycles. The van der Waals surface area contributed by atoms with E-state index in [4.69, 9.17) is 10.5 Å². The largest absolute Gasteiger partial charge is 0.492 e. The van der Waals surface area contributed by atoms with E-state index in [1.807, 2.05) is 0 Å². The van der Waals surface area contributed by atoms with Crippen molar-refractivity contribution in [1.29, 1.82) is 0 Å². The summed E-state index contributed by atoms with van der Waals surface area (Å²) in [4.78, 5) is 23.0. The van der Waals surface area contributed by atoms with Crippen molar-refractivity contribution >= 4 is 17.3 Å². The minimum atomic E-state index is -1.13. The van der Waals surface area contributed by atoms with Gasteiger partial charge >= 0.3 is 0 Å². The van der Waals surface area contributed by atoms with Crippen LogP contribution in [-0.4, -0.2) is 17.4 Å². The molecule has 0 bridgehead atoms. The highest BCUT2D eigenvalue weighted by molar-refractivity contribution is 6.07. The van der Waals surface area contributed by atoms with Crippen LogP contribution in [-0.2, 0) is 0 Å². The highest BCUT2D eigenvalue weighted by Gasteiger charge is 2.28. The van der Waals surface area contributed by atoms with Gasteiger partial charge in [0.25, 0.3) is 11.6 Å². The van der Waals surface area contributed by atoms with Crippen LogP contribution in [0.2, 0.25) is 0 Å². The maximum absolute atomic E-state index is 13.3. The molecule has 9 heteroatoms. The number of fused-ring (bicyclic) bond motifs is 1. The number of ether oxygens (including phenoxy) is 1. The number of anilines is 1. The number of nitrogens with zero attached hydrogens (tertiary/aromatic N) is 1. The third-order valence-electron chi connectivity index (χ3n) is 3.81. The topological polar surface area (TPSA) is 107 Å². The van der Waals surface area contributed by atoms with E-state index < -0.39 is 28.5 Å². The van der Waals surface area contributed by atoms with E-state index >= 15 is 0 Å². The Hall–Kier alpha value is -3.07. The summed E-state index contributed by atoms with van der Waals surface area (Å²) in [6.45, 7) is 0.261. The number of nitro groups is 1. The molecule has 0 aliphatic carbocycles. The Morgan fingerprint density at radius 3 is 2.72 bits per heavy atom. The molecular formula is C16H13F2N3O4. The Balaban J connectivity index is 2.01. The average Bonchev–Trinajstić information content (AvgIpc) is 2.57. The fourth-order valence-corrected chi connectivity index (χ4v) is 2.56. The smallest absolute Gasteiger partial charge is 0.270 e. The number of carbonyl (C=O) groups is 1. The van der Waals surface area contributed by atoms with Crippen molar-refractivity contribution in [2.75, 3.05) is 11.9 Å². The third-order valence-corrected chi connectivity index (χ3v) is 3.81. The lowest BCUT2D eigenvalue weighted by Crippen LogP contribution is -2.24. The number of amides is 1. The summed E-state index contributed by atoms with van der Waals surface area (Å²) in [6.07, 6.45) is 0.457. The Morgan fingerprint density at radius 2 is 2.04 bits per heavy atom. The number of hydrogen-bond donors (Lipinski definition) is 2. The minimum absolute atomic E-state index is 0.00395. The molecule has 3 N–H and O–H groups in total. The van der Waals surface area contributed by atoms with Crippen LogP contribution in [0.15, 0.2) is 30.3 Å². The van der Waals surface area contributed by atoms with Gasteiger partial charge < -0.3 is 15.8 Å².